The van der Waals surface area contributed by atoms with Crippen molar-refractivity contribution in [3.8, 4) is 0 Å². The fourth-order valence-corrected chi connectivity index (χ4v) is 3.46. The second-order valence-electron chi connectivity index (χ2n) is 4.68. The van der Waals surface area contributed by atoms with Crippen molar-refractivity contribution in [3.63, 3.8) is 0 Å². The van der Waals surface area contributed by atoms with Crippen LogP contribution in [0.2, 0.25) is 0 Å². The molecule has 19 heavy (non-hydrogen) atoms. The molecular formula is C15H17NO2S. The monoisotopic (exact) mass is 275 g/mol. The first kappa shape index (κ1) is 13.6. The Hall–Kier alpha value is -1.81. The fourth-order valence-electron chi connectivity index (χ4n) is 2.00. The van der Waals surface area contributed by atoms with E-state index in [1.165, 1.54) is 0 Å². The van der Waals surface area contributed by atoms with Gasteiger partial charge in [0, 0.05) is 5.69 Å². The zero-order chi connectivity index (χ0) is 14.0. The van der Waals surface area contributed by atoms with E-state index in [4.69, 9.17) is 0 Å². The average Bonchev–Trinajstić information content (AvgIpc) is 2.34. The molecule has 0 amide bonds. The molecule has 0 spiro atoms. The van der Waals surface area contributed by atoms with Crippen LogP contribution in [-0.2, 0) is 10.0 Å². The first-order chi connectivity index (χ1) is 8.90. The Morgan fingerprint density at radius 2 is 1.58 bits per heavy atom. The minimum absolute atomic E-state index is 0.342. The van der Waals surface area contributed by atoms with Crippen LogP contribution in [-0.4, -0.2) is 8.42 Å². The van der Waals surface area contributed by atoms with Gasteiger partial charge in [0.2, 0.25) is 0 Å². The van der Waals surface area contributed by atoms with Crippen LogP contribution in [0.15, 0.2) is 47.4 Å². The highest BCUT2D eigenvalue weighted by Gasteiger charge is 2.18. The van der Waals surface area contributed by atoms with Gasteiger partial charge < -0.3 is 0 Å². The lowest BCUT2D eigenvalue weighted by molar-refractivity contribution is 0.600. The maximum absolute atomic E-state index is 12.4. The number of aryl methyl sites for hydroxylation is 2. The number of nitrogens with one attached hydrogen (secondary N) is 1. The molecule has 100 valence electrons. The minimum Gasteiger partial charge on any atom is -0.280 e. The summed E-state index contributed by atoms with van der Waals surface area (Å²) in [7, 11) is -3.54. The van der Waals surface area contributed by atoms with Crippen molar-refractivity contribution < 1.29 is 8.42 Å². The van der Waals surface area contributed by atoms with Crippen molar-refractivity contribution in [3.05, 3.63) is 59.2 Å². The van der Waals surface area contributed by atoms with Crippen molar-refractivity contribution >= 4 is 15.7 Å². The van der Waals surface area contributed by atoms with Gasteiger partial charge in [-0.25, -0.2) is 8.42 Å². The summed E-state index contributed by atoms with van der Waals surface area (Å²) in [6.07, 6.45) is 0. The SMILES string of the molecule is Cc1cc(C)c(C)c(S(=O)(=O)Nc2ccccc2)c1. The molecular weight excluding hydrogens is 258 g/mol. The highest BCUT2D eigenvalue weighted by molar-refractivity contribution is 7.92. The van der Waals surface area contributed by atoms with Crippen molar-refractivity contribution in [2.24, 2.45) is 0 Å². The van der Waals surface area contributed by atoms with E-state index >= 15 is 0 Å². The number of benzene rings is 2. The molecule has 0 aliphatic rings. The molecule has 0 fully saturated rings. The van der Waals surface area contributed by atoms with E-state index < -0.39 is 10.0 Å². The zero-order valence-electron chi connectivity index (χ0n) is 11.3. The summed E-state index contributed by atoms with van der Waals surface area (Å²) in [5, 5.41) is 0. The van der Waals surface area contributed by atoms with Crippen molar-refractivity contribution in [1.82, 2.24) is 0 Å². The normalized spacial score (nSPS) is 11.3. The van der Waals surface area contributed by atoms with Crippen molar-refractivity contribution in [2.75, 3.05) is 4.72 Å². The average molecular weight is 275 g/mol. The highest BCUT2D eigenvalue weighted by atomic mass is 32.2. The third-order valence-corrected chi connectivity index (χ3v) is 4.59. The van der Waals surface area contributed by atoms with Crippen LogP contribution in [0.5, 0.6) is 0 Å². The van der Waals surface area contributed by atoms with E-state index in [9.17, 15) is 8.42 Å². The largest absolute Gasteiger partial charge is 0.280 e. The molecule has 2 rings (SSSR count). The Balaban J connectivity index is 2.46. The first-order valence-corrected chi connectivity index (χ1v) is 7.54. The highest BCUT2D eigenvalue weighted by Crippen LogP contribution is 2.23. The van der Waals surface area contributed by atoms with Gasteiger partial charge in [-0.3, -0.25) is 4.72 Å². The van der Waals surface area contributed by atoms with Gasteiger partial charge in [-0.2, -0.15) is 0 Å². The Morgan fingerprint density at radius 3 is 2.21 bits per heavy atom. The number of hydrogen-bond acceptors (Lipinski definition) is 2. The first-order valence-electron chi connectivity index (χ1n) is 6.06. The van der Waals surface area contributed by atoms with Gasteiger partial charge in [0.05, 0.1) is 4.90 Å². The van der Waals surface area contributed by atoms with Gasteiger partial charge in [-0.15, -0.1) is 0 Å². The van der Waals surface area contributed by atoms with E-state index in [2.05, 4.69) is 4.72 Å². The number of sulfonamides is 1. The van der Waals surface area contributed by atoms with Crippen LogP contribution < -0.4 is 4.72 Å². The quantitative estimate of drug-likeness (QED) is 0.933. The summed E-state index contributed by atoms with van der Waals surface area (Å²) >= 11 is 0. The van der Waals surface area contributed by atoms with Gasteiger partial charge in [-0.05, 0) is 55.7 Å². The molecule has 1 N–H and O–H groups in total. The molecule has 0 unspecified atom stereocenters. The molecule has 0 aliphatic heterocycles. The predicted octanol–water partition coefficient (Wildman–Crippen LogP) is 3.41. The van der Waals surface area contributed by atoms with Gasteiger partial charge in [-0.1, -0.05) is 24.3 Å². The smallest absolute Gasteiger partial charge is 0.262 e. The third-order valence-electron chi connectivity index (χ3n) is 3.08. The predicted molar refractivity (Wildman–Crippen MR) is 77.9 cm³/mol. The van der Waals surface area contributed by atoms with E-state index in [-0.39, 0.29) is 0 Å². The molecule has 0 heterocycles. The summed E-state index contributed by atoms with van der Waals surface area (Å²) < 4.78 is 27.4. The summed E-state index contributed by atoms with van der Waals surface area (Å²) in [6.45, 7) is 5.65. The maximum Gasteiger partial charge on any atom is 0.262 e. The molecule has 3 nitrogen and oxygen atoms in total. The topological polar surface area (TPSA) is 46.2 Å². The Kier molecular flexibility index (Phi) is 3.62. The summed E-state index contributed by atoms with van der Waals surface area (Å²) in [5.74, 6) is 0. The molecule has 0 atom stereocenters. The minimum atomic E-state index is -3.54. The maximum atomic E-state index is 12.4. The zero-order valence-corrected chi connectivity index (χ0v) is 12.1. The number of anilines is 1. The van der Waals surface area contributed by atoms with Crippen LogP contribution >= 0.6 is 0 Å². The molecule has 4 heteroatoms. The number of para-hydroxylation sites is 1. The summed E-state index contributed by atoms with van der Waals surface area (Å²) in [6, 6.07) is 12.6. The lowest BCUT2D eigenvalue weighted by Crippen LogP contribution is -2.15. The second kappa shape index (κ2) is 5.05. The Morgan fingerprint density at radius 1 is 0.947 bits per heavy atom. The number of rotatable bonds is 3. The van der Waals surface area contributed by atoms with Crippen molar-refractivity contribution in [2.45, 2.75) is 25.7 Å². The molecule has 0 saturated heterocycles. The van der Waals surface area contributed by atoms with Crippen LogP contribution in [0.4, 0.5) is 5.69 Å². The summed E-state index contributed by atoms with van der Waals surface area (Å²) in [5.41, 5.74) is 3.28. The van der Waals surface area contributed by atoms with Crippen LogP contribution in [0.3, 0.4) is 0 Å². The van der Waals surface area contributed by atoms with Crippen LogP contribution in [0.25, 0.3) is 0 Å². The molecule has 2 aromatic rings. The Bertz CT molecular complexity index is 692. The van der Waals surface area contributed by atoms with Crippen LogP contribution in [0, 0.1) is 20.8 Å². The second-order valence-corrected chi connectivity index (χ2v) is 6.33. The Labute approximate surface area is 114 Å². The van der Waals surface area contributed by atoms with Crippen molar-refractivity contribution in [1.29, 1.82) is 0 Å². The molecule has 0 aliphatic carbocycles. The number of hydrogen-bond donors (Lipinski definition) is 1. The summed E-state index contributed by atoms with van der Waals surface area (Å²) in [4.78, 5) is 0.342. The molecule has 0 radical (unpaired) electrons. The van der Waals surface area contributed by atoms with E-state index in [0.29, 0.717) is 10.6 Å². The standard InChI is InChI=1S/C15H17NO2S/c1-11-9-12(2)13(3)15(10-11)19(17,18)16-14-7-5-4-6-8-14/h4-10,16H,1-3H3. The van der Waals surface area contributed by atoms with E-state index in [0.717, 1.165) is 16.7 Å². The van der Waals surface area contributed by atoms with E-state index in [1.807, 2.05) is 32.9 Å². The molecule has 0 aromatic heterocycles. The molecule has 0 saturated carbocycles. The molecule has 0 bridgehead atoms. The van der Waals surface area contributed by atoms with Crippen LogP contribution in [0.1, 0.15) is 16.7 Å². The van der Waals surface area contributed by atoms with E-state index in [1.54, 1.807) is 30.3 Å². The third kappa shape index (κ3) is 2.96. The molecule has 2 aromatic carbocycles. The lowest BCUT2D eigenvalue weighted by Gasteiger charge is -2.13. The fraction of sp³-hybridized carbons (Fsp3) is 0.200. The van der Waals surface area contributed by atoms with Gasteiger partial charge in [0.25, 0.3) is 10.0 Å². The van der Waals surface area contributed by atoms with Gasteiger partial charge in [0.1, 0.15) is 0 Å². The lowest BCUT2D eigenvalue weighted by atomic mass is 10.1. The van der Waals surface area contributed by atoms with Gasteiger partial charge in [0.15, 0.2) is 0 Å². The van der Waals surface area contributed by atoms with Gasteiger partial charge >= 0.3 is 0 Å².